The molecule has 4 nitrogen and oxygen atoms in total. The van der Waals surface area contributed by atoms with Crippen molar-refractivity contribution in [2.45, 2.75) is 0 Å². The van der Waals surface area contributed by atoms with Crippen molar-refractivity contribution in [2.24, 2.45) is 0 Å². The number of rotatable bonds is 6. The first-order valence-corrected chi connectivity index (χ1v) is 12.0. The van der Waals surface area contributed by atoms with Gasteiger partial charge in [0.2, 0.25) is 5.89 Å². The maximum atomic E-state index is 6.04. The van der Waals surface area contributed by atoms with Gasteiger partial charge < -0.3 is 12.0 Å². The van der Waals surface area contributed by atoms with Crippen molar-refractivity contribution < 1.29 is 12.0 Å². The van der Waals surface area contributed by atoms with Crippen LogP contribution >= 0.6 is 0 Å². The van der Waals surface area contributed by atoms with Crippen molar-refractivity contribution in [3.63, 3.8) is 0 Å². The minimum Gasteiger partial charge on any atom is -0.616 e. The van der Waals surface area contributed by atoms with Gasteiger partial charge in [-0.15, -0.1) is 0 Å². The van der Waals surface area contributed by atoms with Crippen LogP contribution in [0.4, 0.5) is 0 Å². The second-order valence-corrected chi connectivity index (χ2v) is 8.57. The van der Waals surface area contributed by atoms with Gasteiger partial charge in [-0.1, -0.05) is 72.8 Å². The summed E-state index contributed by atoms with van der Waals surface area (Å²) in [5, 5.41) is 2.30. The lowest BCUT2D eigenvalue weighted by molar-refractivity contribution is 0.459. The van der Waals surface area contributed by atoms with Crippen LogP contribution in [0.1, 0.15) is 0 Å². The number of oxazole rings is 1. The monoisotopic (exact) mass is 456 g/mol. The van der Waals surface area contributed by atoms with E-state index in [1.54, 1.807) is 0 Å². The van der Waals surface area contributed by atoms with Crippen molar-refractivity contribution in [3.05, 3.63) is 115 Å². The van der Waals surface area contributed by atoms with E-state index < -0.39 is 15.9 Å². The molecule has 0 amide bonds. The van der Waals surface area contributed by atoms with Crippen molar-refractivity contribution >= 4 is 37.8 Å². The second kappa shape index (κ2) is 9.07. The summed E-state index contributed by atoms with van der Waals surface area (Å²) in [5.74, 6) is 2.02. The maximum Gasteiger partial charge on any atom is 0.881 e. The lowest BCUT2D eigenvalue weighted by Gasteiger charge is -2.12. The largest absolute Gasteiger partial charge is 0.881 e. The standard InChI is InChI=1S/C16H12O.C13H9NO2.Al/c17-16-9-8-14-10-13(6-7-15(14)11-16)12-4-2-1-3-5-12;15-11-7-3-1-5-9(11)13-14-10-6-2-4-8-12(10)16-13;/h1-11,17H;1-8,15H;/q;;+2/p-2. The molecular weight excluding hydrogens is 437 g/mol. The number of nitrogens with zero attached hydrogens (tertiary/aromatic N) is 1. The van der Waals surface area contributed by atoms with E-state index in [0.717, 1.165) is 27.8 Å². The van der Waals surface area contributed by atoms with Crippen molar-refractivity contribution in [2.75, 3.05) is 0 Å². The average molecular weight is 456 g/mol. The average Bonchev–Trinajstić information content (AvgIpc) is 3.33. The summed E-state index contributed by atoms with van der Waals surface area (Å²) in [7, 11) is 0. The molecule has 1 radical (unpaired) electrons. The number of fused-ring (bicyclic) bond motifs is 2. The Morgan fingerprint density at radius 2 is 1.38 bits per heavy atom. The van der Waals surface area contributed by atoms with Crippen molar-refractivity contribution in [3.8, 4) is 34.1 Å². The zero-order valence-electron chi connectivity index (χ0n) is 18.2. The molecule has 0 atom stereocenters. The van der Waals surface area contributed by atoms with Gasteiger partial charge >= 0.3 is 15.9 Å². The Morgan fingerprint density at radius 1 is 0.618 bits per heavy atom. The Morgan fingerprint density at radius 3 is 2.29 bits per heavy atom. The molecule has 5 aromatic carbocycles. The fourth-order valence-corrected chi connectivity index (χ4v) is 4.59. The first kappa shape index (κ1) is 20.6. The molecule has 6 aromatic rings. The number of aromatic nitrogens is 1. The Bertz CT molecular complexity index is 1560. The smallest absolute Gasteiger partial charge is 0.616 e. The third kappa shape index (κ3) is 4.15. The zero-order chi connectivity index (χ0) is 22.7. The summed E-state index contributed by atoms with van der Waals surface area (Å²) < 4.78 is 18.0. The fraction of sp³-hybridized carbons (Fsp3) is 0. The lowest BCUT2D eigenvalue weighted by Crippen LogP contribution is -2.11. The molecule has 0 saturated heterocycles. The van der Waals surface area contributed by atoms with Crippen LogP contribution in [0.25, 0.3) is 44.5 Å². The molecule has 0 N–H and O–H groups in total. The molecule has 0 aliphatic rings. The molecular formula is C29H19AlNO3. The van der Waals surface area contributed by atoms with Gasteiger partial charge in [0.25, 0.3) is 0 Å². The van der Waals surface area contributed by atoms with Crippen LogP contribution < -0.4 is 7.58 Å². The van der Waals surface area contributed by atoms with Crippen molar-refractivity contribution in [1.29, 1.82) is 0 Å². The Kier molecular flexibility index (Phi) is 5.49. The van der Waals surface area contributed by atoms with E-state index in [1.807, 2.05) is 66.7 Å². The van der Waals surface area contributed by atoms with Crippen LogP contribution in [-0.2, 0) is 0 Å². The van der Waals surface area contributed by atoms with E-state index in [2.05, 4.69) is 53.5 Å². The first-order valence-electron chi connectivity index (χ1n) is 11.0. The number of hydrogen-bond acceptors (Lipinski definition) is 4. The third-order valence-electron chi connectivity index (χ3n) is 5.69. The number of hydrogen-bond donors (Lipinski definition) is 0. The fourth-order valence-electron chi connectivity index (χ4n) is 3.97. The molecule has 0 saturated carbocycles. The first-order chi connectivity index (χ1) is 16.8. The number of para-hydroxylation sites is 3. The minimum absolute atomic E-state index is 0.538. The van der Waals surface area contributed by atoms with Crippen molar-refractivity contribution in [1.82, 2.24) is 4.98 Å². The molecule has 0 aliphatic heterocycles. The molecule has 34 heavy (non-hydrogen) atoms. The molecule has 0 bridgehead atoms. The third-order valence-corrected chi connectivity index (χ3v) is 6.41. The summed E-state index contributed by atoms with van der Waals surface area (Å²) >= 11 is -0.766. The second-order valence-electron chi connectivity index (χ2n) is 7.90. The molecule has 5 heteroatoms. The molecule has 0 aliphatic carbocycles. The predicted octanol–water partition coefficient (Wildman–Crippen LogP) is 7.31. The summed E-state index contributed by atoms with van der Waals surface area (Å²) in [5.41, 5.74) is 4.79. The van der Waals surface area contributed by atoms with Crippen LogP contribution in [0.15, 0.2) is 120 Å². The van der Waals surface area contributed by atoms with Crippen LogP contribution in [-0.4, -0.2) is 20.9 Å². The molecule has 161 valence electrons. The number of benzene rings is 5. The highest BCUT2D eigenvalue weighted by Gasteiger charge is 2.15. The van der Waals surface area contributed by atoms with Crippen LogP contribution in [0, 0.1) is 0 Å². The summed E-state index contributed by atoms with van der Waals surface area (Å²) in [6.07, 6.45) is 0. The molecule has 1 aromatic heterocycles. The highest BCUT2D eigenvalue weighted by molar-refractivity contribution is 6.21. The SMILES string of the molecule is c1ccc(-c2ccc3cc([O][Al][O]c4ccccc4-c4nc5ccccc5o4)ccc3c2)cc1. The predicted molar refractivity (Wildman–Crippen MR) is 136 cm³/mol. The van der Waals surface area contributed by atoms with Gasteiger partial charge in [-0.05, 0) is 64.4 Å². The van der Waals surface area contributed by atoms with E-state index in [-0.39, 0.29) is 0 Å². The topological polar surface area (TPSA) is 44.5 Å². The van der Waals surface area contributed by atoms with Crippen LogP contribution in [0.5, 0.6) is 11.5 Å². The van der Waals surface area contributed by atoms with Gasteiger partial charge in [0.1, 0.15) is 5.52 Å². The minimum atomic E-state index is -0.766. The molecule has 6 rings (SSSR count). The van der Waals surface area contributed by atoms with Gasteiger partial charge in [0, 0.05) is 0 Å². The molecule has 1 heterocycles. The van der Waals surface area contributed by atoms with E-state index >= 15 is 0 Å². The van der Waals surface area contributed by atoms with Crippen LogP contribution in [0.2, 0.25) is 0 Å². The lowest BCUT2D eigenvalue weighted by atomic mass is 10.0. The van der Waals surface area contributed by atoms with E-state index in [4.69, 9.17) is 12.0 Å². The van der Waals surface area contributed by atoms with E-state index in [0.29, 0.717) is 11.6 Å². The van der Waals surface area contributed by atoms with Gasteiger partial charge in [-0.25, -0.2) is 4.98 Å². The van der Waals surface area contributed by atoms with Gasteiger partial charge in [-0.2, -0.15) is 0 Å². The molecule has 0 fully saturated rings. The Hall–Kier alpha value is -4.04. The van der Waals surface area contributed by atoms with E-state index in [1.165, 1.54) is 16.5 Å². The van der Waals surface area contributed by atoms with Gasteiger partial charge in [0.15, 0.2) is 5.58 Å². The summed E-state index contributed by atoms with van der Waals surface area (Å²) in [4.78, 5) is 4.59. The zero-order valence-corrected chi connectivity index (χ0v) is 19.4. The van der Waals surface area contributed by atoms with Gasteiger partial charge in [-0.3, -0.25) is 0 Å². The highest BCUT2D eigenvalue weighted by atomic mass is 27.2. The molecule has 0 unspecified atom stereocenters. The highest BCUT2D eigenvalue weighted by Crippen LogP contribution is 2.32. The summed E-state index contributed by atoms with van der Waals surface area (Å²) in [6.45, 7) is 0. The normalized spacial score (nSPS) is 10.9. The molecule has 0 spiro atoms. The summed E-state index contributed by atoms with van der Waals surface area (Å²) in [6, 6.07) is 38.4. The van der Waals surface area contributed by atoms with E-state index in [9.17, 15) is 0 Å². The van der Waals surface area contributed by atoms with Crippen LogP contribution in [0.3, 0.4) is 0 Å². The maximum absolute atomic E-state index is 6.04. The Balaban J connectivity index is 1.18. The quantitative estimate of drug-likeness (QED) is 0.247. The Labute approximate surface area is 203 Å². The van der Waals surface area contributed by atoms with Gasteiger partial charge in [0.05, 0.1) is 17.1 Å².